The lowest BCUT2D eigenvalue weighted by Crippen LogP contribution is -2.16. The maximum Gasteiger partial charge on any atom is 0.150 e. The number of rotatable bonds is 4. The zero-order valence-electron chi connectivity index (χ0n) is 12.9. The molecule has 0 saturated heterocycles. The van der Waals surface area contributed by atoms with Gasteiger partial charge in [0.15, 0.2) is 6.29 Å². The average Bonchev–Trinajstić information content (AvgIpc) is 2.57. The fourth-order valence-electron chi connectivity index (χ4n) is 2.15. The Bertz CT molecular complexity index is 494. The monoisotopic (exact) mass is 304 g/mol. The number of nitrogens with zero attached hydrogens (tertiary/aromatic N) is 1. The number of hydrogen-bond acceptors (Lipinski definition) is 4. The van der Waals surface area contributed by atoms with Crippen molar-refractivity contribution in [2.45, 2.75) is 38.5 Å². The molecule has 2 radical (unpaired) electrons. The van der Waals surface area contributed by atoms with Gasteiger partial charge in [0.2, 0.25) is 0 Å². The maximum absolute atomic E-state index is 13.0. The number of aldehydes is 1. The summed E-state index contributed by atoms with van der Waals surface area (Å²) in [5, 5.41) is 1.22. The zero-order valence-corrected chi connectivity index (χ0v) is 12.9. The highest BCUT2D eigenvalue weighted by Gasteiger charge is 2.04. The van der Waals surface area contributed by atoms with Crippen molar-refractivity contribution in [3.8, 4) is 0 Å². The lowest BCUT2D eigenvalue weighted by molar-refractivity contribution is -0.103. The van der Waals surface area contributed by atoms with Crippen LogP contribution in [0.5, 0.6) is 0 Å². The molecule has 1 aromatic rings. The molecule has 22 heavy (non-hydrogen) atoms. The molecule has 2 rings (SSSR count). The van der Waals surface area contributed by atoms with E-state index in [4.69, 9.17) is 13.7 Å². The van der Waals surface area contributed by atoms with Gasteiger partial charge in [0.1, 0.15) is 13.7 Å². The topological polar surface area (TPSA) is 55.6 Å². The van der Waals surface area contributed by atoms with Gasteiger partial charge in [-0.15, -0.1) is 0 Å². The fourth-order valence-corrected chi connectivity index (χ4v) is 2.15. The van der Waals surface area contributed by atoms with Crippen molar-refractivity contribution < 1.29 is 14.1 Å². The summed E-state index contributed by atoms with van der Waals surface area (Å²) < 4.78 is 13.0. The molecule has 0 amide bonds. The first-order chi connectivity index (χ1) is 10.6. The molecule has 4 nitrogen and oxygen atoms in total. The number of nitrogens with two attached hydrogens (primary N) is 1. The summed E-state index contributed by atoms with van der Waals surface area (Å²) in [5.41, 5.74) is 0.660. The van der Waals surface area contributed by atoms with Crippen LogP contribution in [0, 0.1) is 5.82 Å². The number of carbonyl (C=O) groups excluding carboxylic acids is 1. The van der Waals surface area contributed by atoms with E-state index in [1.165, 1.54) is 61.9 Å². The van der Waals surface area contributed by atoms with E-state index in [0.29, 0.717) is 11.8 Å². The van der Waals surface area contributed by atoms with Crippen molar-refractivity contribution in [2.24, 2.45) is 5.90 Å². The Kier molecular flexibility index (Phi) is 8.47. The molecule has 0 spiro atoms. The first kappa shape index (κ1) is 18.4. The van der Waals surface area contributed by atoms with Crippen molar-refractivity contribution in [1.29, 1.82) is 0 Å². The predicted octanol–water partition coefficient (Wildman–Crippen LogP) is 2.48. The van der Waals surface area contributed by atoms with Crippen molar-refractivity contribution >= 4 is 25.7 Å². The van der Waals surface area contributed by atoms with Gasteiger partial charge in [-0.2, -0.15) is 10.8 Å². The van der Waals surface area contributed by atoms with Gasteiger partial charge < -0.3 is 0 Å². The number of halogens is 1. The molecule has 1 aliphatic rings. The molecule has 0 heterocycles. The SMILES string of the molecule is C1CCCCC1.[B]c1cc(/C=C\N(C)ON)c(C=O)cc1F. The highest BCUT2D eigenvalue weighted by Crippen LogP contribution is 2.15. The van der Waals surface area contributed by atoms with Crippen molar-refractivity contribution in [3.63, 3.8) is 0 Å². The molecule has 118 valence electrons. The van der Waals surface area contributed by atoms with E-state index in [1.54, 1.807) is 7.05 Å². The van der Waals surface area contributed by atoms with Crippen LogP contribution in [-0.2, 0) is 4.94 Å². The third-order valence-corrected chi connectivity index (χ3v) is 3.46. The molecule has 1 fully saturated rings. The van der Waals surface area contributed by atoms with Crippen LogP contribution in [0.3, 0.4) is 0 Å². The van der Waals surface area contributed by atoms with E-state index in [1.807, 2.05) is 0 Å². The van der Waals surface area contributed by atoms with Crippen LogP contribution in [0.15, 0.2) is 18.3 Å². The predicted molar refractivity (Wildman–Crippen MR) is 86.9 cm³/mol. The number of carbonyl (C=O) groups is 1. The first-order valence-electron chi connectivity index (χ1n) is 7.40. The highest BCUT2D eigenvalue weighted by molar-refractivity contribution is 6.32. The number of hydroxylamine groups is 2. The van der Waals surface area contributed by atoms with Crippen molar-refractivity contribution in [1.82, 2.24) is 5.06 Å². The van der Waals surface area contributed by atoms with Crippen LogP contribution >= 0.6 is 0 Å². The van der Waals surface area contributed by atoms with Gasteiger partial charge >= 0.3 is 0 Å². The Morgan fingerprint density at radius 2 is 1.73 bits per heavy atom. The van der Waals surface area contributed by atoms with Crippen LogP contribution in [0.4, 0.5) is 4.39 Å². The summed E-state index contributed by atoms with van der Waals surface area (Å²) >= 11 is 0. The highest BCUT2D eigenvalue weighted by atomic mass is 19.1. The largest absolute Gasteiger partial charge is 0.298 e. The molecule has 0 aliphatic heterocycles. The van der Waals surface area contributed by atoms with E-state index in [2.05, 4.69) is 4.94 Å². The minimum atomic E-state index is -0.623. The standard InChI is InChI=1S/C10H10BFN2O2.C6H12/c1-14(16-13)3-2-7-4-9(11)10(12)5-8(7)6-15;1-2-4-6-5-3-1/h2-6H,13H2,1H3;1-6H2/b3-2-;. The number of benzene rings is 1. The maximum atomic E-state index is 13.0. The minimum absolute atomic E-state index is 0.0263. The van der Waals surface area contributed by atoms with Crippen LogP contribution in [0.1, 0.15) is 54.4 Å². The van der Waals surface area contributed by atoms with Gasteiger partial charge in [0.25, 0.3) is 0 Å². The molecule has 1 aliphatic carbocycles. The van der Waals surface area contributed by atoms with Crippen LogP contribution in [-0.4, -0.2) is 26.2 Å². The van der Waals surface area contributed by atoms with Crippen LogP contribution in [0.25, 0.3) is 6.08 Å². The normalized spacial score (nSPS) is 14.3. The summed E-state index contributed by atoms with van der Waals surface area (Å²) in [5.74, 6) is 4.26. The third-order valence-electron chi connectivity index (χ3n) is 3.46. The molecule has 6 heteroatoms. The smallest absolute Gasteiger partial charge is 0.150 e. The second-order valence-corrected chi connectivity index (χ2v) is 5.21. The molecule has 0 aromatic heterocycles. The molecular weight excluding hydrogens is 282 g/mol. The van der Waals surface area contributed by atoms with Gasteiger partial charge in [-0.3, -0.25) is 4.79 Å². The molecular formula is C16H22BFN2O2. The summed E-state index contributed by atoms with van der Waals surface area (Å²) in [4.78, 5) is 15.0. The van der Waals surface area contributed by atoms with Crippen LogP contribution in [0.2, 0.25) is 0 Å². The quantitative estimate of drug-likeness (QED) is 0.527. The Hall–Kier alpha value is -1.66. The van der Waals surface area contributed by atoms with E-state index in [0.717, 1.165) is 6.07 Å². The molecule has 0 atom stereocenters. The van der Waals surface area contributed by atoms with Gasteiger partial charge in [-0.1, -0.05) is 50.1 Å². The molecule has 0 unspecified atom stereocenters. The Labute approximate surface area is 132 Å². The second-order valence-electron chi connectivity index (χ2n) is 5.21. The molecule has 1 saturated carbocycles. The first-order valence-corrected chi connectivity index (χ1v) is 7.40. The van der Waals surface area contributed by atoms with Gasteiger partial charge in [-0.25, -0.2) is 9.45 Å². The molecule has 2 N–H and O–H groups in total. The fraction of sp³-hybridized carbons (Fsp3) is 0.438. The molecule has 1 aromatic carbocycles. The average molecular weight is 304 g/mol. The summed E-state index contributed by atoms with van der Waals surface area (Å²) in [6.45, 7) is 0. The summed E-state index contributed by atoms with van der Waals surface area (Å²) in [7, 11) is 6.95. The Morgan fingerprint density at radius 3 is 2.18 bits per heavy atom. The summed E-state index contributed by atoms with van der Waals surface area (Å²) in [6, 6.07) is 2.44. The zero-order chi connectivity index (χ0) is 16.4. The van der Waals surface area contributed by atoms with Gasteiger partial charge in [-0.05, 0) is 17.7 Å². The van der Waals surface area contributed by atoms with E-state index < -0.39 is 5.82 Å². The van der Waals surface area contributed by atoms with E-state index in [9.17, 15) is 9.18 Å². The minimum Gasteiger partial charge on any atom is -0.298 e. The number of hydrogen-bond donors (Lipinski definition) is 1. The van der Waals surface area contributed by atoms with E-state index >= 15 is 0 Å². The lowest BCUT2D eigenvalue weighted by atomic mass is 9.91. The Balaban J connectivity index is 0.000000335. The van der Waals surface area contributed by atoms with Gasteiger partial charge in [0, 0.05) is 18.8 Å². The van der Waals surface area contributed by atoms with Gasteiger partial charge in [0.05, 0.1) is 0 Å². The van der Waals surface area contributed by atoms with Crippen molar-refractivity contribution in [2.75, 3.05) is 7.05 Å². The van der Waals surface area contributed by atoms with E-state index in [-0.39, 0.29) is 11.0 Å². The van der Waals surface area contributed by atoms with Crippen molar-refractivity contribution in [3.05, 3.63) is 35.3 Å². The summed E-state index contributed by atoms with van der Waals surface area (Å²) in [6.07, 6.45) is 12.6. The molecule has 0 bridgehead atoms. The van der Waals surface area contributed by atoms with Crippen LogP contribution < -0.4 is 11.4 Å². The third kappa shape index (κ3) is 6.41. The lowest BCUT2D eigenvalue weighted by Gasteiger charge is -2.08. The second kappa shape index (κ2) is 10.1. The Morgan fingerprint density at radius 1 is 1.18 bits per heavy atom.